The molecular formula is C16H21ClO3. The molecule has 4 heteroatoms. The van der Waals surface area contributed by atoms with Crippen molar-refractivity contribution in [3.63, 3.8) is 0 Å². The summed E-state index contributed by atoms with van der Waals surface area (Å²) >= 11 is 6.23. The Bertz CT molecular complexity index is 457. The van der Waals surface area contributed by atoms with Crippen LogP contribution in [0.3, 0.4) is 0 Å². The van der Waals surface area contributed by atoms with Gasteiger partial charge in [-0.05, 0) is 30.9 Å². The van der Waals surface area contributed by atoms with Crippen LogP contribution < -0.4 is 0 Å². The largest absolute Gasteiger partial charge is 0.396 e. The van der Waals surface area contributed by atoms with Gasteiger partial charge in [-0.15, -0.1) is 0 Å². The van der Waals surface area contributed by atoms with E-state index < -0.39 is 5.79 Å². The highest BCUT2D eigenvalue weighted by Crippen LogP contribution is 2.43. The zero-order chi connectivity index (χ0) is 14.0. The lowest BCUT2D eigenvalue weighted by atomic mass is 10.0. The van der Waals surface area contributed by atoms with Crippen LogP contribution in [-0.4, -0.2) is 29.7 Å². The number of rotatable bonds is 4. The predicted molar refractivity (Wildman–Crippen MR) is 77.8 cm³/mol. The Morgan fingerprint density at radius 3 is 2.55 bits per heavy atom. The fourth-order valence-corrected chi connectivity index (χ4v) is 3.52. The second-order valence-electron chi connectivity index (χ2n) is 5.74. The van der Waals surface area contributed by atoms with E-state index in [0.717, 1.165) is 42.7 Å². The van der Waals surface area contributed by atoms with Crippen LogP contribution in [0.5, 0.6) is 0 Å². The predicted octanol–water partition coefficient (Wildman–Crippen LogP) is 3.32. The zero-order valence-corrected chi connectivity index (χ0v) is 12.3. The summed E-state index contributed by atoms with van der Waals surface area (Å²) in [5, 5.41) is 10.0. The SMILES string of the molecule is OCCC1OC2(CCCC2)O[C@H]1Cc1ccccc1Cl. The molecule has 1 spiro atoms. The maximum absolute atomic E-state index is 9.23. The first-order chi connectivity index (χ1) is 9.72. The first-order valence-electron chi connectivity index (χ1n) is 7.42. The molecule has 2 aliphatic rings. The highest BCUT2D eigenvalue weighted by atomic mass is 35.5. The van der Waals surface area contributed by atoms with Gasteiger partial charge in [-0.1, -0.05) is 29.8 Å². The van der Waals surface area contributed by atoms with Gasteiger partial charge in [0.2, 0.25) is 0 Å². The normalized spacial score (nSPS) is 28.3. The Kier molecular flexibility index (Phi) is 4.32. The molecule has 20 heavy (non-hydrogen) atoms. The van der Waals surface area contributed by atoms with E-state index in [0.29, 0.717) is 6.42 Å². The third-order valence-corrected chi connectivity index (χ3v) is 4.67. The summed E-state index contributed by atoms with van der Waals surface area (Å²) in [5.41, 5.74) is 1.08. The van der Waals surface area contributed by atoms with Gasteiger partial charge in [0.25, 0.3) is 0 Å². The standard InChI is InChI=1S/C16H21ClO3/c17-13-6-2-1-5-12(13)11-15-14(7-10-18)19-16(20-15)8-3-4-9-16/h1-2,5-6,14-15,18H,3-4,7-11H2/t14?,15-/m0/s1. The Morgan fingerprint density at radius 1 is 1.15 bits per heavy atom. The van der Waals surface area contributed by atoms with Crippen molar-refractivity contribution in [2.24, 2.45) is 0 Å². The van der Waals surface area contributed by atoms with Crippen molar-refractivity contribution in [3.05, 3.63) is 34.9 Å². The van der Waals surface area contributed by atoms with Crippen molar-refractivity contribution in [2.45, 2.75) is 56.5 Å². The van der Waals surface area contributed by atoms with Crippen molar-refractivity contribution < 1.29 is 14.6 Å². The van der Waals surface area contributed by atoms with Crippen LogP contribution >= 0.6 is 11.6 Å². The lowest BCUT2D eigenvalue weighted by molar-refractivity contribution is -0.169. The molecule has 1 saturated heterocycles. The van der Waals surface area contributed by atoms with Crippen molar-refractivity contribution in [3.8, 4) is 0 Å². The van der Waals surface area contributed by atoms with Crippen LogP contribution in [0.2, 0.25) is 5.02 Å². The fourth-order valence-electron chi connectivity index (χ4n) is 3.31. The van der Waals surface area contributed by atoms with Crippen molar-refractivity contribution in [1.29, 1.82) is 0 Å². The van der Waals surface area contributed by atoms with E-state index in [1.165, 1.54) is 0 Å². The van der Waals surface area contributed by atoms with Crippen molar-refractivity contribution in [1.82, 2.24) is 0 Å². The molecule has 0 bridgehead atoms. The van der Waals surface area contributed by atoms with E-state index in [1.807, 2.05) is 24.3 Å². The molecule has 2 fully saturated rings. The lowest BCUT2D eigenvalue weighted by Gasteiger charge is -2.22. The Balaban J connectivity index is 1.74. The smallest absolute Gasteiger partial charge is 0.169 e. The van der Waals surface area contributed by atoms with Crippen LogP contribution in [0.15, 0.2) is 24.3 Å². The molecule has 1 aromatic carbocycles. The van der Waals surface area contributed by atoms with E-state index in [9.17, 15) is 5.11 Å². The Morgan fingerprint density at radius 2 is 1.85 bits per heavy atom. The minimum atomic E-state index is -0.397. The summed E-state index contributed by atoms with van der Waals surface area (Å²) in [7, 11) is 0. The molecule has 110 valence electrons. The van der Waals surface area contributed by atoms with Gasteiger partial charge < -0.3 is 14.6 Å². The van der Waals surface area contributed by atoms with Crippen molar-refractivity contribution in [2.75, 3.05) is 6.61 Å². The number of hydrogen-bond acceptors (Lipinski definition) is 3. The summed E-state index contributed by atoms with van der Waals surface area (Å²) in [4.78, 5) is 0. The minimum Gasteiger partial charge on any atom is -0.396 e. The van der Waals surface area contributed by atoms with Gasteiger partial charge in [-0.2, -0.15) is 0 Å². The maximum Gasteiger partial charge on any atom is 0.169 e. The molecule has 2 atom stereocenters. The maximum atomic E-state index is 9.23. The third kappa shape index (κ3) is 2.86. The molecule has 3 nitrogen and oxygen atoms in total. The molecule has 3 rings (SSSR count). The van der Waals surface area contributed by atoms with E-state index in [4.69, 9.17) is 21.1 Å². The van der Waals surface area contributed by atoms with E-state index in [-0.39, 0.29) is 18.8 Å². The molecule has 0 amide bonds. The summed E-state index contributed by atoms with van der Waals surface area (Å²) in [6.07, 6.45) is 5.56. The summed E-state index contributed by atoms with van der Waals surface area (Å²) < 4.78 is 12.4. The van der Waals surface area contributed by atoms with E-state index >= 15 is 0 Å². The van der Waals surface area contributed by atoms with Crippen LogP contribution in [0.1, 0.15) is 37.7 Å². The molecule has 0 aromatic heterocycles. The average Bonchev–Trinajstić information content (AvgIpc) is 3.01. The summed E-state index contributed by atoms with van der Waals surface area (Å²) in [6, 6.07) is 7.85. The number of benzene rings is 1. The van der Waals surface area contributed by atoms with Gasteiger partial charge in [0.1, 0.15) is 0 Å². The van der Waals surface area contributed by atoms with Crippen LogP contribution in [0.4, 0.5) is 0 Å². The monoisotopic (exact) mass is 296 g/mol. The van der Waals surface area contributed by atoms with E-state index in [2.05, 4.69) is 0 Å². The van der Waals surface area contributed by atoms with Gasteiger partial charge in [0.05, 0.1) is 12.2 Å². The molecule has 1 aliphatic heterocycles. The zero-order valence-electron chi connectivity index (χ0n) is 11.6. The quantitative estimate of drug-likeness (QED) is 0.926. The second-order valence-corrected chi connectivity index (χ2v) is 6.15. The van der Waals surface area contributed by atoms with Crippen LogP contribution in [-0.2, 0) is 15.9 Å². The van der Waals surface area contributed by atoms with Gasteiger partial charge in [-0.3, -0.25) is 0 Å². The fraction of sp³-hybridized carbons (Fsp3) is 0.625. The van der Waals surface area contributed by atoms with Gasteiger partial charge in [0.15, 0.2) is 5.79 Å². The molecule has 1 aliphatic carbocycles. The van der Waals surface area contributed by atoms with Crippen LogP contribution in [0, 0.1) is 0 Å². The van der Waals surface area contributed by atoms with Crippen LogP contribution in [0.25, 0.3) is 0 Å². The molecule has 0 radical (unpaired) electrons. The molecule has 1 heterocycles. The minimum absolute atomic E-state index is 0.0138. The topological polar surface area (TPSA) is 38.7 Å². The first kappa shape index (κ1) is 14.3. The highest BCUT2D eigenvalue weighted by Gasteiger charge is 2.48. The number of aliphatic hydroxyl groups is 1. The molecule has 1 saturated carbocycles. The lowest BCUT2D eigenvalue weighted by Crippen LogP contribution is -2.27. The molecule has 1 aromatic rings. The van der Waals surface area contributed by atoms with Gasteiger partial charge >= 0.3 is 0 Å². The van der Waals surface area contributed by atoms with E-state index in [1.54, 1.807) is 0 Å². The summed E-state index contributed by atoms with van der Waals surface area (Å²) in [6.45, 7) is 0.128. The highest BCUT2D eigenvalue weighted by molar-refractivity contribution is 6.31. The van der Waals surface area contributed by atoms with Gasteiger partial charge in [-0.25, -0.2) is 0 Å². The average molecular weight is 297 g/mol. The number of ether oxygens (including phenoxy) is 2. The number of hydrogen-bond donors (Lipinski definition) is 1. The second kappa shape index (κ2) is 6.02. The number of aliphatic hydroxyl groups excluding tert-OH is 1. The molecular weight excluding hydrogens is 276 g/mol. The first-order valence-corrected chi connectivity index (χ1v) is 7.80. The summed E-state index contributed by atoms with van der Waals surface area (Å²) in [5.74, 6) is -0.397. The Hall–Kier alpha value is -0.610. The van der Waals surface area contributed by atoms with Crippen molar-refractivity contribution >= 4 is 11.6 Å². The Labute approximate surface area is 124 Å². The third-order valence-electron chi connectivity index (χ3n) is 4.30. The van der Waals surface area contributed by atoms with Gasteiger partial charge in [0, 0.05) is 30.9 Å². The number of halogens is 1. The molecule has 1 unspecified atom stereocenters. The molecule has 1 N–H and O–H groups in total.